The molecule has 1 saturated carbocycles. The molecule has 4 nitrogen and oxygen atoms in total. The number of hydrogen-bond donors (Lipinski definition) is 1. The molecule has 1 aromatic carbocycles. The molecule has 0 bridgehead atoms. The van der Waals surface area contributed by atoms with Gasteiger partial charge in [0, 0.05) is 31.2 Å². The maximum atomic E-state index is 12.7. The molecule has 4 atom stereocenters. The van der Waals surface area contributed by atoms with Gasteiger partial charge in [0.25, 0.3) is 5.91 Å². The molecular formula is C21H32N2O2. The Bertz CT molecular complexity index is 562. The zero-order valence-corrected chi connectivity index (χ0v) is 15.8. The minimum atomic E-state index is 0.106. The number of amides is 1. The van der Waals surface area contributed by atoms with E-state index in [1.54, 1.807) is 0 Å². The van der Waals surface area contributed by atoms with Crippen molar-refractivity contribution in [3.8, 4) is 0 Å². The highest BCUT2D eigenvalue weighted by Gasteiger charge is 2.26. The van der Waals surface area contributed by atoms with Crippen LogP contribution in [0.4, 0.5) is 0 Å². The van der Waals surface area contributed by atoms with Crippen molar-refractivity contribution in [2.75, 3.05) is 13.1 Å². The van der Waals surface area contributed by atoms with Crippen LogP contribution in [0.15, 0.2) is 24.3 Å². The highest BCUT2D eigenvalue weighted by Crippen LogP contribution is 2.23. The van der Waals surface area contributed by atoms with Gasteiger partial charge in [0.1, 0.15) is 0 Å². The molecule has 0 spiro atoms. The summed E-state index contributed by atoms with van der Waals surface area (Å²) in [4.78, 5) is 14.6. The average Bonchev–Trinajstić information content (AvgIpc) is 2.59. The second kappa shape index (κ2) is 8.33. The van der Waals surface area contributed by atoms with Gasteiger partial charge in [0.05, 0.1) is 12.2 Å². The van der Waals surface area contributed by atoms with Gasteiger partial charge >= 0.3 is 0 Å². The Morgan fingerprint density at radius 2 is 1.80 bits per heavy atom. The van der Waals surface area contributed by atoms with E-state index in [1.165, 1.54) is 31.2 Å². The summed E-state index contributed by atoms with van der Waals surface area (Å²) in [5.74, 6) is 0.951. The third-order valence-electron chi connectivity index (χ3n) is 5.44. The second-order valence-corrected chi connectivity index (χ2v) is 8.01. The van der Waals surface area contributed by atoms with E-state index in [0.717, 1.165) is 18.0 Å². The zero-order valence-electron chi connectivity index (χ0n) is 15.8. The molecule has 1 aliphatic heterocycles. The molecule has 4 heteroatoms. The number of ether oxygens (including phenoxy) is 1. The number of benzene rings is 1. The summed E-state index contributed by atoms with van der Waals surface area (Å²) < 4.78 is 5.72. The molecule has 2 fully saturated rings. The second-order valence-electron chi connectivity index (χ2n) is 8.01. The van der Waals surface area contributed by atoms with Gasteiger partial charge in [0.2, 0.25) is 0 Å². The Morgan fingerprint density at radius 3 is 2.44 bits per heavy atom. The van der Waals surface area contributed by atoms with Gasteiger partial charge in [-0.3, -0.25) is 4.79 Å². The first-order valence-corrected chi connectivity index (χ1v) is 9.78. The van der Waals surface area contributed by atoms with E-state index in [-0.39, 0.29) is 18.1 Å². The Morgan fingerprint density at radius 1 is 1.12 bits per heavy atom. The van der Waals surface area contributed by atoms with Gasteiger partial charge in [-0.05, 0) is 50.3 Å². The molecule has 138 valence electrons. The van der Waals surface area contributed by atoms with Crippen molar-refractivity contribution in [3.63, 3.8) is 0 Å². The van der Waals surface area contributed by atoms with Crippen LogP contribution in [-0.4, -0.2) is 42.1 Å². The van der Waals surface area contributed by atoms with E-state index >= 15 is 0 Å². The van der Waals surface area contributed by atoms with Crippen LogP contribution in [0.3, 0.4) is 0 Å². The number of nitrogens with one attached hydrogen (secondary N) is 1. The van der Waals surface area contributed by atoms with Crippen molar-refractivity contribution < 1.29 is 9.53 Å². The zero-order chi connectivity index (χ0) is 17.8. The predicted octanol–water partition coefficient (Wildman–Crippen LogP) is 3.60. The lowest BCUT2D eigenvalue weighted by Crippen LogP contribution is -2.48. The highest BCUT2D eigenvalue weighted by molar-refractivity contribution is 5.94. The topological polar surface area (TPSA) is 41.6 Å². The molecular weight excluding hydrogens is 312 g/mol. The quantitative estimate of drug-likeness (QED) is 0.907. The largest absolute Gasteiger partial charge is 0.372 e. The van der Waals surface area contributed by atoms with Crippen molar-refractivity contribution in [3.05, 3.63) is 35.4 Å². The van der Waals surface area contributed by atoms with E-state index in [0.29, 0.717) is 19.1 Å². The fourth-order valence-corrected chi connectivity index (χ4v) is 4.17. The molecule has 1 saturated heterocycles. The first-order valence-electron chi connectivity index (χ1n) is 9.78. The van der Waals surface area contributed by atoms with E-state index in [4.69, 9.17) is 4.74 Å². The molecule has 0 aromatic heterocycles. The van der Waals surface area contributed by atoms with Crippen LogP contribution >= 0.6 is 0 Å². The van der Waals surface area contributed by atoms with E-state index in [2.05, 4.69) is 24.4 Å². The lowest BCUT2D eigenvalue weighted by molar-refractivity contribution is -0.0586. The molecule has 1 amide bonds. The average molecular weight is 344 g/mol. The molecule has 1 aliphatic carbocycles. The number of carbonyl (C=O) groups excluding carboxylic acids is 1. The molecule has 0 radical (unpaired) electrons. The van der Waals surface area contributed by atoms with Gasteiger partial charge < -0.3 is 15.0 Å². The van der Waals surface area contributed by atoms with Crippen LogP contribution < -0.4 is 5.32 Å². The first-order chi connectivity index (χ1) is 12.0. The summed E-state index contributed by atoms with van der Waals surface area (Å²) in [6.07, 6.45) is 5.48. The number of carbonyl (C=O) groups is 1. The Hall–Kier alpha value is -1.39. The summed E-state index contributed by atoms with van der Waals surface area (Å²) in [5.41, 5.74) is 2.02. The van der Waals surface area contributed by atoms with Gasteiger partial charge in [-0.15, -0.1) is 0 Å². The van der Waals surface area contributed by atoms with Crippen molar-refractivity contribution in [2.45, 2.75) is 71.2 Å². The third kappa shape index (κ3) is 5.05. The monoisotopic (exact) mass is 344 g/mol. The molecule has 25 heavy (non-hydrogen) atoms. The van der Waals surface area contributed by atoms with Crippen LogP contribution in [-0.2, 0) is 11.3 Å². The fraction of sp³-hybridized carbons (Fsp3) is 0.667. The Balaban J connectivity index is 1.53. The summed E-state index contributed by atoms with van der Waals surface area (Å²) in [5, 5.41) is 3.68. The molecule has 3 rings (SSSR count). The van der Waals surface area contributed by atoms with Crippen molar-refractivity contribution in [1.82, 2.24) is 10.2 Å². The van der Waals surface area contributed by atoms with Crippen LogP contribution in [0, 0.1) is 5.92 Å². The van der Waals surface area contributed by atoms with E-state index in [1.807, 2.05) is 30.9 Å². The van der Waals surface area contributed by atoms with Crippen molar-refractivity contribution in [1.29, 1.82) is 0 Å². The minimum absolute atomic E-state index is 0.106. The van der Waals surface area contributed by atoms with E-state index in [9.17, 15) is 4.79 Å². The first kappa shape index (κ1) is 18.4. The summed E-state index contributed by atoms with van der Waals surface area (Å²) >= 11 is 0. The summed E-state index contributed by atoms with van der Waals surface area (Å²) in [6, 6.07) is 8.74. The van der Waals surface area contributed by atoms with Gasteiger partial charge in [0.15, 0.2) is 0 Å². The van der Waals surface area contributed by atoms with Gasteiger partial charge in [-0.1, -0.05) is 31.9 Å². The molecule has 1 N–H and O–H groups in total. The molecule has 1 aromatic rings. The highest BCUT2D eigenvalue weighted by atomic mass is 16.5. The van der Waals surface area contributed by atoms with Crippen LogP contribution in [0.1, 0.15) is 62.4 Å². The normalized spacial score (nSPS) is 30.3. The van der Waals surface area contributed by atoms with Gasteiger partial charge in [-0.25, -0.2) is 0 Å². The number of hydrogen-bond acceptors (Lipinski definition) is 3. The maximum Gasteiger partial charge on any atom is 0.254 e. The van der Waals surface area contributed by atoms with Crippen LogP contribution in [0.2, 0.25) is 0 Å². The Labute approximate surface area is 151 Å². The smallest absolute Gasteiger partial charge is 0.254 e. The molecule has 4 unspecified atom stereocenters. The van der Waals surface area contributed by atoms with Crippen LogP contribution in [0.25, 0.3) is 0 Å². The lowest BCUT2D eigenvalue weighted by Gasteiger charge is -2.35. The third-order valence-corrected chi connectivity index (χ3v) is 5.44. The number of nitrogens with zero attached hydrogens (tertiary/aromatic N) is 1. The molecule has 2 aliphatic rings. The van der Waals surface area contributed by atoms with Crippen molar-refractivity contribution >= 4 is 5.91 Å². The summed E-state index contributed by atoms with van der Waals surface area (Å²) in [7, 11) is 0. The Kier molecular flexibility index (Phi) is 6.13. The van der Waals surface area contributed by atoms with Crippen LogP contribution in [0.5, 0.6) is 0 Å². The standard InChI is InChI=1S/C21H32N2O2/c1-15-5-4-6-20(11-15)22-12-18-7-9-19(10-8-18)21(24)23-13-16(2)25-17(3)14-23/h7-10,15-17,20,22H,4-6,11-14H2,1-3H3. The number of rotatable bonds is 4. The van der Waals surface area contributed by atoms with Crippen molar-refractivity contribution in [2.24, 2.45) is 5.92 Å². The predicted molar refractivity (Wildman–Crippen MR) is 101 cm³/mol. The lowest BCUT2D eigenvalue weighted by atomic mass is 9.87. The maximum absolute atomic E-state index is 12.7. The minimum Gasteiger partial charge on any atom is -0.372 e. The SMILES string of the molecule is CC1CCCC(NCc2ccc(C(=O)N3CC(C)OC(C)C3)cc2)C1. The number of morpholine rings is 1. The van der Waals surface area contributed by atoms with Gasteiger partial charge in [-0.2, -0.15) is 0 Å². The van der Waals surface area contributed by atoms with E-state index < -0.39 is 0 Å². The fourth-order valence-electron chi connectivity index (χ4n) is 4.17. The molecule has 1 heterocycles. The summed E-state index contributed by atoms with van der Waals surface area (Å²) in [6.45, 7) is 8.63.